The fourth-order valence-electron chi connectivity index (χ4n) is 1.24. The van der Waals surface area contributed by atoms with Crippen LogP contribution in [0.15, 0.2) is 18.2 Å². The van der Waals surface area contributed by atoms with Gasteiger partial charge in [0.25, 0.3) is 0 Å². The van der Waals surface area contributed by atoms with Crippen LogP contribution in [0.25, 0.3) is 0 Å². The van der Waals surface area contributed by atoms with Crippen molar-refractivity contribution in [2.24, 2.45) is 0 Å². The van der Waals surface area contributed by atoms with Gasteiger partial charge in [-0.3, -0.25) is 0 Å². The number of rotatable bonds is 0. The minimum atomic E-state index is -0.0386. The van der Waals surface area contributed by atoms with Crippen molar-refractivity contribution in [3.05, 3.63) is 29.3 Å². The van der Waals surface area contributed by atoms with Crippen LogP contribution in [0.5, 0.6) is 5.75 Å². The molecule has 3 heteroatoms. The molecule has 0 bridgehead atoms. The maximum Gasteiger partial charge on any atom is 2.00 e. The van der Waals surface area contributed by atoms with Crippen LogP contribution in [0.4, 0.5) is 0 Å². The molecule has 0 aliphatic rings. The van der Waals surface area contributed by atoms with E-state index in [0.29, 0.717) is 0 Å². The second-order valence-corrected chi connectivity index (χ2v) is 4.20. The monoisotopic (exact) mass is 288 g/mol. The Morgan fingerprint density at radius 1 is 1.14 bits per heavy atom. The first kappa shape index (κ1) is 16.6. The molecule has 0 heterocycles. The molecule has 76 valence electrons. The predicted molar refractivity (Wildman–Crippen MR) is 49.3 cm³/mol. The minimum absolute atomic E-state index is 0. The molecule has 0 aromatic heterocycles. The fourth-order valence-corrected chi connectivity index (χ4v) is 1.24. The minimum Gasteiger partial charge on any atom is -1.00 e. The average Bonchev–Trinajstić information content (AvgIpc) is 1.92. The van der Waals surface area contributed by atoms with Crippen molar-refractivity contribution in [1.29, 1.82) is 0 Å². The Bertz CT molecular complexity index is 292. The smallest absolute Gasteiger partial charge is 1.00 e. The van der Waals surface area contributed by atoms with Gasteiger partial charge >= 0.3 is 26.2 Å². The number of halogens is 1. The van der Waals surface area contributed by atoms with E-state index < -0.39 is 0 Å². The molecule has 0 aliphatic carbocycles. The molecule has 0 spiro atoms. The van der Waals surface area contributed by atoms with Crippen LogP contribution < -0.4 is 17.5 Å². The maximum atomic E-state index is 11.6. The van der Waals surface area contributed by atoms with Gasteiger partial charge in [0.1, 0.15) is 0 Å². The summed E-state index contributed by atoms with van der Waals surface area (Å²) in [5, 5.41) is 11.6. The van der Waals surface area contributed by atoms with E-state index in [1.165, 1.54) is 0 Å². The summed E-state index contributed by atoms with van der Waals surface area (Å²) < 4.78 is 0. The van der Waals surface area contributed by atoms with Gasteiger partial charge in [-0.2, -0.15) is 0 Å². The van der Waals surface area contributed by atoms with E-state index in [0.717, 1.165) is 11.1 Å². The van der Waals surface area contributed by atoms with Crippen molar-refractivity contribution in [3.63, 3.8) is 0 Å². The third-order valence-corrected chi connectivity index (χ3v) is 2.02. The topological polar surface area (TPSA) is 23.1 Å². The molecule has 0 N–H and O–H groups in total. The SMILES string of the molecule is Cc1cccc(C(C)(C)C)c1[O-].[Cl-].[Zr+2]. The van der Waals surface area contributed by atoms with E-state index in [1.807, 2.05) is 25.1 Å². The van der Waals surface area contributed by atoms with E-state index in [1.54, 1.807) is 0 Å². The molecule has 0 atom stereocenters. The summed E-state index contributed by atoms with van der Waals surface area (Å²) in [4.78, 5) is 0. The predicted octanol–water partition coefficient (Wildman–Crippen LogP) is -0.632. The number of hydrogen-bond acceptors (Lipinski definition) is 1. The summed E-state index contributed by atoms with van der Waals surface area (Å²) in [6.45, 7) is 8.03. The van der Waals surface area contributed by atoms with Gasteiger partial charge in [-0.05, 0) is 12.3 Å². The van der Waals surface area contributed by atoms with Crippen LogP contribution in [0, 0.1) is 6.92 Å². The van der Waals surface area contributed by atoms with Crippen molar-refractivity contribution in [2.45, 2.75) is 33.1 Å². The summed E-state index contributed by atoms with van der Waals surface area (Å²) in [5.41, 5.74) is 1.70. The van der Waals surface area contributed by atoms with Crippen LogP contribution in [0.1, 0.15) is 31.9 Å². The molecule has 1 nitrogen and oxygen atoms in total. The van der Waals surface area contributed by atoms with Gasteiger partial charge in [-0.1, -0.05) is 50.1 Å². The zero-order chi connectivity index (χ0) is 9.35. The molecular weight excluding hydrogens is 275 g/mol. The van der Waals surface area contributed by atoms with Gasteiger partial charge in [0.2, 0.25) is 0 Å². The van der Waals surface area contributed by atoms with E-state index in [-0.39, 0.29) is 49.8 Å². The molecule has 1 aromatic carbocycles. The van der Waals surface area contributed by atoms with Gasteiger partial charge in [-0.15, -0.1) is 5.75 Å². The van der Waals surface area contributed by atoms with Crippen LogP contribution in [0.3, 0.4) is 0 Å². The van der Waals surface area contributed by atoms with E-state index >= 15 is 0 Å². The summed E-state index contributed by atoms with van der Waals surface area (Å²) in [5.74, 6) is 0.185. The Labute approximate surface area is 111 Å². The molecule has 14 heavy (non-hydrogen) atoms. The van der Waals surface area contributed by atoms with Crippen LogP contribution in [0.2, 0.25) is 0 Å². The molecule has 0 saturated heterocycles. The Morgan fingerprint density at radius 2 is 1.64 bits per heavy atom. The van der Waals surface area contributed by atoms with Gasteiger partial charge in [-0.25, -0.2) is 0 Å². The zero-order valence-electron chi connectivity index (χ0n) is 9.02. The number of hydrogen-bond donors (Lipinski definition) is 0. The normalized spacial score (nSPS) is 10.0. The zero-order valence-corrected chi connectivity index (χ0v) is 12.2. The van der Waals surface area contributed by atoms with E-state index in [2.05, 4.69) is 20.8 Å². The van der Waals surface area contributed by atoms with Crippen LogP contribution in [-0.2, 0) is 31.6 Å². The molecule has 0 amide bonds. The Morgan fingerprint density at radius 3 is 2.00 bits per heavy atom. The Kier molecular flexibility index (Phi) is 7.03. The Balaban J connectivity index is 0. The van der Waals surface area contributed by atoms with Crippen molar-refractivity contribution >= 4 is 0 Å². The van der Waals surface area contributed by atoms with Crippen molar-refractivity contribution < 1.29 is 43.7 Å². The summed E-state index contributed by atoms with van der Waals surface area (Å²) in [6, 6.07) is 5.71. The van der Waals surface area contributed by atoms with Crippen molar-refractivity contribution in [2.75, 3.05) is 0 Å². The van der Waals surface area contributed by atoms with Crippen LogP contribution in [-0.4, -0.2) is 0 Å². The molecule has 0 radical (unpaired) electrons. The standard InChI is InChI=1S/C11H16O.ClH.Zr/c1-8-6-5-7-9(10(8)12)11(2,3)4;;/h5-7,12H,1-4H3;1H;/q;;+2/p-2. The summed E-state index contributed by atoms with van der Waals surface area (Å²) in [7, 11) is 0. The molecule has 0 saturated carbocycles. The first-order valence-electron chi connectivity index (χ1n) is 4.20. The molecule has 0 aliphatic heterocycles. The van der Waals surface area contributed by atoms with E-state index in [9.17, 15) is 5.11 Å². The second kappa shape index (κ2) is 5.93. The maximum absolute atomic E-state index is 11.6. The van der Waals surface area contributed by atoms with E-state index in [4.69, 9.17) is 0 Å². The Hall–Kier alpha value is 0.193. The number of benzene rings is 1. The first-order chi connectivity index (χ1) is 5.43. The van der Waals surface area contributed by atoms with Crippen molar-refractivity contribution in [3.8, 4) is 5.75 Å². The third kappa shape index (κ3) is 3.75. The second-order valence-electron chi connectivity index (χ2n) is 4.20. The fraction of sp³-hybridized carbons (Fsp3) is 0.455. The van der Waals surface area contributed by atoms with Gasteiger partial charge in [0.05, 0.1) is 0 Å². The molecular formula is C11H15ClOZr. The van der Waals surface area contributed by atoms with Gasteiger partial charge < -0.3 is 17.5 Å². The molecule has 1 aromatic rings. The van der Waals surface area contributed by atoms with Gasteiger partial charge in [0.15, 0.2) is 0 Å². The quantitative estimate of drug-likeness (QED) is 0.624. The molecule has 1 rings (SSSR count). The van der Waals surface area contributed by atoms with Crippen LogP contribution >= 0.6 is 0 Å². The van der Waals surface area contributed by atoms with Gasteiger partial charge in [0, 0.05) is 0 Å². The number of aryl methyl sites for hydroxylation is 1. The summed E-state index contributed by atoms with van der Waals surface area (Å²) in [6.07, 6.45) is 0. The molecule has 0 fully saturated rings. The average molecular weight is 290 g/mol. The first-order valence-corrected chi connectivity index (χ1v) is 4.20. The number of para-hydroxylation sites is 1. The summed E-state index contributed by atoms with van der Waals surface area (Å²) >= 11 is 0. The largest absolute Gasteiger partial charge is 2.00 e. The third-order valence-electron chi connectivity index (χ3n) is 2.02. The molecule has 0 unspecified atom stereocenters. The van der Waals surface area contributed by atoms with Crippen molar-refractivity contribution in [1.82, 2.24) is 0 Å².